The lowest BCUT2D eigenvalue weighted by atomic mass is 10.2. The summed E-state index contributed by atoms with van der Waals surface area (Å²) in [5.41, 5.74) is 1.72. The summed E-state index contributed by atoms with van der Waals surface area (Å²) < 4.78 is 13.1. The van der Waals surface area contributed by atoms with Crippen molar-refractivity contribution in [1.29, 1.82) is 0 Å². The first kappa shape index (κ1) is 15.5. The van der Waals surface area contributed by atoms with E-state index in [1.165, 1.54) is 17.8 Å². The van der Waals surface area contributed by atoms with Gasteiger partial charge in [-0.15, -0.1) is 0 Å². The maximum absolute atomic E-state index is 13.1. The zero-order chi connectivity index (χ0) is 16.1. The van der Waals surface area contributed by atoms with Crippen molar-refractivity contribution < 1.29 is 9.18 Å². The van der Waals surface area contributed by atoms with Gasteiger partial charge in [-0.1, -0.05) is 24.3 Å². The van der Waals surface area contributed by atoms with Crippen molar-refractivity contribution in [2.24, 2.45) is 0 Å². The molecule has 0 aromatic heterocycles. The monoisotopic (exact) mass is 313 g/mol. The summed E-state index contributed by atoms with van der Waals surface area (Å²) in [6.07, 6.45) is 0. The smallest absolute Gasteiger partial charge is 0.238 e. The Kier molecular flexibility index (Phi) is 4.88. The molecule has 0 spiro atoms. The van der Waals surface area contributed by atoms with Crippen LogP contribution in [-0.2, 0) is 4.79 Å². The molecule has 1 amide bonds. The van der Waals surface area contributed by atoms with Crippen LogP contribution in [0.1, 0.15) is 0 Å². The number of piperazine rings is 1. The highest BCUT2D eigenvalue weighted by Crippen LogP contribution is 2.15. The van der Waals surface area contributed by atoms with Crippen LogP contribution in [0.3, 0.4) is 0 Å². The topological polar surface area (TPSA) is 35.6 Å². The van der Waals surface area contributed by atoms with Gasteiger partial charge in [0, 0.05) is 37.6 Å². The van der Waals surface area contributed by atoms with Gasteiger partial charge in [0.2, 0.25) is 5.91 Å². The molecule has 23 heavy (non-hydrogen) atoms. The van der Waals surface area contributed by atoms with Gasteiger partial charge in [-0.2, -0.15) is 0 Å². The fraction of sp³-hybridized carbons (Fsp3) is 0.278. The Morgan fingerprint density at radius 1 is 1.00 bits per heavy atom. The highest BCUT2D eigenvalue weighted by atomic mass is 19.1. The summed E-state index contributed by atoms with van der Waals surface area (Å²) in [6, 6.07) is 16.2. The lowest BCUT2D eigenvalue weighted by Gasteiger charge is -2.35. The van der Waals surface area contributed by atoms with Gasteiger partial charge in [-0.3, -0.25) is 9.69 Å². The lowest BCUT2D eigenvalue weighted by Crippen LogP contribution is -2.48. The fourth-order valence-electron chi connectivity index (χ4n) is 2.77. The Hall–Kier alpha value is -2.40. The third-order valence-electron chi connectivity index (χ3n) is 3.97. The average molecular weight is 313 g/mol. The van der Waals surface area contributed by atoms with Crippen molar-refractivity contribution in [3.05, 3.63) is 60.4 Å². The molecule has 0 atom stereocenters. The minimum atomic E-state index is -0.348. The number of halogens is 1. The summed E-state index contributed by atoms with van der Waals surface area (Å²) >= 11 is 0. The van der Waals surface area contributed by atoms with Crippen LogP contribution >= 0.6 is 0 Å². The molecule has 4 nitrogen and oxygen atoms in total. The molecular formula is C18H20FN3O. The van der Waals surface area contributed by atoms with E-state index in [2.05, 4.69) is 27.2 Å². The zero-order valence-electron chi connectivity index (χ0n) is 12.9. The molecule has 1 heterocycles. The Balaban J connectivity index is 1.48. The van der Waals surface area contributed by atoms with E-state index >= 15 is 0 Å². The minimum absolute atomic E-state index is 0.108. The van der Waals surface area contributed by atoms with Gasteiger partial charge in [0.05, 0.1) is 6.54 Å². The van der Waals surface area contributed by atoms with Crippen LogP contribution in [0.2, 0.25) is 0 Å². The molecule has 1 saturated heterocycles. The van der Waals surface area contributed by atoms with Crippen molar-refractivity contribution in [2.45, 2.75) is 0 Å². The van der Waals surface area contributed by atoms with Crippen LogP contribution in [0, 0.1) is 5.82 Å². The van der Waals surface area contributed by atoms with Gasteiger partial charge < -0.3 is 10.2 Å². The van der Waals surface area contributed by atoms with Gasteiger partial charge in [0.15, 0.2) is 0 Å². The SMILES string of the molecule is O=C(CN1CCN(c2ccccc2)CC1)Nc1cccc(F)c1. The fourth-order valence-corrected chi connectivity index (χ4v) is 2.77. The molecule has 0 unspecified atom stereocenters. The number of nitrogens with one attached hydrogen (secondary N) is 1. The summed E-state index contributed by atoms with van der Waals surface area (Å²) in [4.78, 5) is 16.5. The van der Waals surface area contributed by atoms with Crippen molar-refractivity contribution in [3.8, 4) is 0 Å². The van der Waals surface area contributed by atoms with Crippen LogP contribution in [0.25, 0.3) is 0 Å². The molecule has 1 N–H and O–H groups in total. The predicted molar refractivity (Wildman–Crippen MR) is 90.1 cm³/mol. The first-order valence-electron chi connectivity index (χ1n) is 7.78. The Morgan fingerprint density at radius 2 is 1.74 bits per heavy atom. The normalized spacial score (nSPS) is 15.4. The first-order valence-corrected chi connectivity index (χ1v) is 7.78. The molecular weight excluding hydrogens is 293 g/mol. The van der Waals surface area contributed by atoms with Crippen LogP contribution in [0.4, 0.5) is 15.8 Å². The van der Waals surface area contributed by atoms with E-state index in [1.807, 2.05) is 18.2 Å². The van der Waals surface area contributed by atoms with Crippen molar-refractivity contribution in [2.75, 3.05) is 42.9 Å². The molecule has 5 heteroatoms. The minimum Gasteiger partial charge on any atom is -0.369 e. The molecule has 0 bridgehead atoms. The van der Waals surface area contributed by atoms with E-state index in [0.717, 1.165) is 26.2 Å². The first-order chi connectivity index (χ1) is 11.2. The highest BCUT2D eigenvalue weighted by Gasteiger charge is 2.19. The summed E-state index contributed by atoms with van der Waals surface area (Å²) in [5, 5.41) is 2.74. The van der Waals surface area contributed by atoms with E-state index in [1.54, 1.807) is 12.1 Å². The van der Waals surface area contributed by atoms with Gasteiger partial charge in [0.25, 0.3) is 0 Å². The quantitative estimate of drug-likeness (QED) is 0.942. The summed E-state index contributed by atoms with van der Waals surface area (Å²) in [6.45, 7) is 3.81. The van der Waals surface area contributed by atoms with Crippen molar-refractivity contribution in [1.82, 2.24) is 4.90 Å². The molecule has 0 saturated carbocycles. The van der Waals surface area contributed by atoms with Gasteiger partial charge in [0.1, 0.15) is 5.82 Å². The number of anilines is 2. The highest BCUT2D eigenvalue weighted by molar-refractivity contribution is 5.92. The standard InChI is InChI=1S/C18H20FN3O/c19-15-5-4-6-16(13-15)20-18(23)14-21-9-11-22(12-10-21)17-7-2-1-3-8-17/h1-8,13H,9-12,14H2,(H,20,23). The molecule has 120 valence electrons. The number of nitrogens with zero attached hydrogens (tertiary/aromatic N) is 2. The van der Waals surface area contributed by atoms with Gasteiger partial charge >= 0.3 is 0 Å². The number of benzene rings is 2. The maximum Gasteiger partial charge on any atom is 0.238 e. The average Bonchev–Trinajstić information content (AvgIpc) is 2.56. The van der Waals surface area contributed by atoms with Crippen molar-refractivity contribution in [3.63, 3.8) is 0 Å². The number of amides is 1. The van der Waals surface area contributed by atoms with Crippen LogP contribution < -0.4 is 10.2 Å². The van der Waals surface area contributed by atoms with E-state index in [9.17, 15) is 9.18 Å². The number of carbonyl (C=O) groups is 1. The third kappa shape index (κ3) is 4.29. The predicted octanol–water partition coefficient (Wildman–Crippen LogP) is 2.59. The Bertz CT molecular complexity index is 654. The maximum atomic E-state index is 13.1. The van der Waals surface area contributed by atoms with Crippen LogP contribution in [-0.4, -0.2) is 43.5 Å². The zero-order valence-corrected chi connectivity index (χ0v) is 12.9. The van der Waals surface area contributed by atoms with Crippen LogP contribution in [0.5, 0.6) is 0 Å². The second-order valence-corrected chi connectivity index (χ2v) is 5.66. The van der Waals surface area contributed by atoms with Gasteiger partial charge in [-0.05, 0) is 30.3 Å². The second kappa shape index (κ2) is 7.24. The molecule has 1 fully saturated rings. The molecule has 3 rings (SSSR count). The number of hydrogen-bond acceptors (Lipinski definition) is 3. The van der Waals surface area contributed by atoms with E-state index in [4.69, 9.17) is 0 Å². The van der Waals surface area contributed by atoms with E-state index in [0.29, 0.717) is 12.2 Å². The molecule has 0 aliphatic carbocycles. The molecule has 2 aromatic carbocycles. The van der Waals surface area contributed by atoms with E-state index in [-0.39, 0.29) is 11.7 Å². The van der Waals surface area contributed by atoms with Crippen LogP contribution in [0.15, 0.2) is 54.6 Å². The largest absolute Gasteiger partial charge is 0.369 e. The molecule has 0 radical (unpaired) electrons. The number of carbonyl (C=O) groups excluding carboxylic acids is 1. The summed E-state index contributed by atoms with van der Waals surface area (Å²) in [5.74, 6) is -0.456. The summed E-state index contributed by atoms with van der Waals surface area (Å²) in [7, 11) is 0. The lowest BCUT2D eigenvalue weighted by molar-refractivity contribution is -0.117. The second-order valence-electron chi connectivity index (χ2n) is 5.66. The Labute approximate surface area is 135 Å². The Morgan fingerprint density at radius 3 is 2.43 bits per heavy atom. The molecule has 1 aliphatic rings. The molecule has 2 aromatic rings. The third-order valence-corrected chi connectivity index (χ3v) is 3.97. The van der Waals surface area contributed by atoms with Crippen molar-refractivity contribution >= 4 is 17.3 Å². The molecule has 1 aliphatic heterocycles. The number of para-hydroxylation sites is 1. The number of rotatable bonds is 4. The number of hydrogen-bond donors (Lipinski definition) is 1. The van der Waals surface area contributed by atoms with Gasteiger partial charge in [-0.25, -0.2) is 4.39 Å². The van der Waals surface area contributed by atoms with E-state index < -0.39 is 0 Å².